The van der Waals surface area contributed by atoms with E-state index in [2.05, 4.69) is 10.4 Å². The van der Waals surface area contributed by atoms with E-state index in [-0.39, 0.29) is 13.0 Å². The summed E-state index contributed by atoms with van der Waals surface area (Å²) >= 11 is 0. The second kappa shape index (κ2) is 4.68. The molecule has 112 valence electrons. The lowest BCUT2D eigenvalue weighted by molar-refractivity contribution is -0.189. The zero-order chi connectivity index (χ0) is 15.1. The lowest BCUT2D eigenvalue weighted by atomic mass is 9.88. The first kappa shape index (κ1) is 14.7. The molecule has 0 radical (unpaired) electrons. The SMILES string of the molecule is Cn1ccc(NC(=O)N2CC[C@H](C(F)(F)F)C2(C)C)n1. The minimum atomic E-state index is -4.30. The molecule has 0 spiro atoms. The van der Waals surface area contributed by atoms with Gasteiger partial charge in [-0.25, -0.2) is 4.79 Å². The van der Waals surface area contributed by atoms with E-state index < -0.39 is 23.7 Å². The number of alkyl halides is 3. The van der Waals surface area contributed by atoms with Gasteiger partial charge in [0.25, 0.3) is 0 Å². The van der Waals surface area contributed by atoms with E-state index in [0.29, 0.717) is 5.82 Å². The Morgan fingerprint density at radius 2 is 2.15 bits per heavy atom. The number of nitrogens with one attached hydrogen (secondary N) is 1. The third kappa shape index (κ3) is 2.59. The van der Waals surface area contributed by atoms with Gasteiger partial charge in [0.2, 0.25) is 0 Å². The smallest absolute Gasteiger partial charge is 0.319 e. The number of hydrogen-bond acceptors (Lipinski definition) is 2. The highest BCUT2D eigenvalue weighted by molar-refractivity contribution is 5.89. The summed E-state index contributed by atoms with van der Waals surface area (Å²) in [5.41, 5.74) is -1.27. The quantitative estimate of drug-likeness (QED) is 0.864. The highest BCUT2D eigenvalue weighted by atomic mass is 19.4. The van der Waals surface area contributed by atoms with Gasteiger partial charge < -0.3 is 4.90 Å². The Bertz CT molecular complexity index is 509. The molecule has 1 aliphatic heterocycles. The standard InChI is InChI=1S/C12H17F3N4O/c1-11(2)8(12(13,14)15)4-7-19(11)10(20)16-9-5-6-18(3)17-9/h5-6,8H,4,7H2,1-3H3,(H,16,17,20)/t8-/m0/s1. The molecule has 2 heterocycles. The number of carbonyl (C=O) groups is 1. The number of halogens is 3. The first-order valence-corrected chi connectivity index (χ1v) is 6.27. The number of aryl methyl sites for hydroxylation is 1. The zero-order valence-corrected chi connectivity index (χ0v) is 11.5. The monoisotopic (exact) mass is 290 g/mol. The van der Waals surface area contributed by atoms with Crippen LogP contribution in [0.5, 0.6) is 0 Å². The van der Waals surface area contributed by atoms with Gasteiger partial charge in [0.05, 0.1) is 11.5 Å². The van der Waals surface area contributed by atoms with Crippen LogP contribution < -0.4 is 5.32 Å². The van der Waals surface area contributed by atoms with Crippen LogP contribution in [-0.2, 0) is 7.05 Å². The molecule has 1 atom stereocenters. The van der Waals surface area contributed by atoms with Crippen molar-refractivity contribution in [1.82, 2.24) is 14.7 Å². The number of urea groups is 1. The summed E-state index contributed by atoms with van der Waals surface area (Å²) in [6.45, 7) is 2.96. The first-order valence-electron chi connectivity index (χ1n) is 6.27. The summed E-state index contributed by atoms with van der Waals surface area (Å²) in [5, 5.41) is 6.49. The molecule has 0 aliphatic carbocycles. The Balaban J connectivity index is 2.11. The third-order valence-corrected chi connectivity index (χ3v) is 3.78. The van der Waals surface area contributed by atoms with Crippen LogP contribution in [0.3, 0.4) is 0 Å². The molecule has 0 bridgehead atoms. The lowest BCUT2D eigenvalue weighted by Crippen LogP contribution is -2.51. The molecule has 20 heavy (non-hydrogen) atoms. The summed E-state index contributed by atoms with van der Waals surface area (Å²) in [4.78, 5) is 13.3. The molecule has 0 saturated carbocycles. The van der Waals surface area contributed by atoms with Crippen LogP contribution in [0.2, 0.25) is 0 Å². The van der Waals surface area contributed by atoms with Crippen molar-refractivity contribution < 1.29 is 18.0 Å². The third-order valence-electron chi connectivity index (χ3n) is 3.78. The maximum atomic E-state index is 12.9. The van der Waals surface area contributed by atoms with E-state index in [1.165, 1.54) is 23.4 Å². The number of rotatable bonds is 1. The number of hydrogen-bond donors (Lipinski definition) is 1. The van der Waals surface area contributed by atoms with Gasteiger partial charge in [-0.3, -0.25) is 10.00 Å². The Morgan fingerprint density at radius 1 is 1.50 bits per heavy atom. The molecule has 1 fully saturated rings. The molecule has 2 rings (SSSR count). The number of amides is 2. The van der Waals surface area contributed by atoms with Crippen LogP contribution in [-0.4, -0.2) is 39.0 Å². The lowest BCUT2D eigenvalue weighted by Gasteiger charge is -2.36. The molecule has 1 N–H and O–H groups in total. The van der Waals surface area contributed by atoms with E-state index in [4.69, 9.17) is 0 Å². The van der Waals surface area contributed by atoms with Gasteiger partial charge in [-0.1, -0.05) is 0 Å². The summed E-state index contributed by atoms with van der Waals surface area (Å²) in [6, 6.07) is 1.03. The van der Waals surface area contributed by atoms with Crippen molar-refractivity contribution in [3.8, 4) is 0 Å². The summed E-state index contributed by atoms with van der Waals surface area (Å²) < 4.78 is 40.4. The first-order chi connectivity index (χ1) is 9.12. The summed E-state index contributed by atoms with van der Waals surface area (Å²) in [7, 11) is 1.69. The largest absolute Gasteiger partial charge is 0.394 e. The van der Waals surface area contributed by atoms with Gasteiger partial charge in [0, 0.05) is 25.9 Å². The molecule has 1 saturated heterocycles. The summed E-state index contributed by atoms with van der Waals surface area (Å²) in [5.74, 6) is -1.19. The Morgan fingerprint density at radius 3 is 2.60 bits per heavy atom. The number of anilines is 1. The fraction of sp³-hybridized carbons (Fsp3) is 0.667. The normalized spacial score (nSPS) is 22.1. The fourth-order valence-electron chi connectivity index (χ4n) is 2.67. The van der Waals surface area contributed by atoms with Crippen molar-refractivity contribution in [3.63, 3.8) is 0 Å². The molecule has 0 aromatic carbocycles. The molecule has 1 aromatic rings. The maximum absolute atomic E-state index is 12.9. The number of carbonyl (C=O) groups excluding carboxylic acids is 1. The average Bonchev–Trinajstić information content (AvgIpc) is 2.80. The minimum Gasteiger partial charge on any atom is -0.319 e. The topological polar surface area (TPSA) is 50.2 Å². The highest BCUT2D eigenvalue weighted by Crippen LogP contribution is 2.44. The van der Waals surface area contributed by atoms with Gasteiger partial charge in [-0.15, -0.1) is 0 Å². The highest BCUT2D eigenvalue weighted by Gasteiger charge is 2.56. The summed E-state index contributed by atoms with van der Waals surface area (Å²) in [6.07, 6.45) is -2.74. The van der Waals surface area contributed by atoms with Crippen molar-refractivity contribution in [2.24, 2.45) is 13.0 Å². The van der Waals surface area contributed by atoms with Crippen LogP contribution in [0, 0.1) is 5.92 Å². The Kier molecular flexibility index (Phi) is 3.43. The van der Waals surface area contributed by atoms with Crippen molar-refractivity contribution in [2.75, 3.05) is 11.9 Å². The van der Waals surface area contributed by atoms with Crippen molar-refractivity contribution in [3.05, 3.63) is 12.3 Å². The van der Waals surface area contributed by atoms with Crippen molar-refractivity contribution in [2.45, 2.75) is 32.0 Å². The predicted molar refractivity (Wildman–Crippen MR) is 67.2 cm³/mol. The second-order valence-corrected chi connectivity index (χ2v) is 5.49. The van der Waals surface area contributed by atoms with Gasteiger partial charge in [0.15, 0.2) is 5.82 Å². The van der Waals surface area contributed by atoms with E-state index >= 15 is 0 Å². The molecule has 8 heteroatoms. The van der Waals surface area contributed by atoms with Crippen LogP contribution >= 0.6 is 0 Å². The van der Waals surface area contributed by atoms with Crippen LogP contribution in [0.15, 0.2) is 12.3 Å². The number of aromatic nitrogens is 2. The van der Waals surface area contributed by atoms with Crippen molar-refractivity contribution >= 4 is 11.8 Å². The molecular formula is C12H17F3N4O. The predicted octanol–water partition coefficient (Wildman–Crippen LogP) is 2.61. The van der Waals surface area contributed by atoms with E-state index in [0.717, 1.165) is 0 Å². The molecule has 1 aliphatic rings. The van der Waals surface area contributed by atoms with Gasteiger partial charge in [-0.2, -0.15) is 18.3 Å². The molecular weight excluding hydrogens is 273 g/mol. The van der Waals surface area contributed by atoms with Crippen LogP contribution in [0.4, 0.5) is 23.8 Å². The van der Waals surface area contributed by atoms with E-state index in [1.807, 2.05) is 0 Å². The van der Waals surface area contributed by atoms with Crippen LogP contribution in [0.1, 0.15) is 20.3 Å². The maximum Gasteiger partial charge on any atom is 0.394 e. The van der Waals surface area contributed by atoms with Gasteiger partial charge in [-0.05, 0) is 20.3 Å². The molecule has 0 unspecified atom stereocenters. The second-order valence-electron chi connectivity index (χ2n) is 5.49. The zero-order valence-electron chi connectivity index (χ0n) is 11.5. The number of likely N-dealkylation sites (tertiary alicyclic amines) is 1. The van der Waals surface area contributed by atoms with E-state index in [1.54, 1.807) is 19.3 Å². The molecule has 2 amide bonds. The van der Waals surface area contributed by atoms with Crippen LogP contribution in [0.25, 0.3) is 0 Å². The Labute approximate surface area is 114 Å². The van der Waals surface area contributed by atoms with Gasteiger partial charge in [0.1, 0.15) is 0 Å². The minimum absolute atomic E-state index is 0.0772. The van der Waals surface area contributed by atoms with Gasteiger partial charge >= 0.3 is 12.2 Å². The van der Waals surface area contributed by atoms with E-state index in [9.17, 15) is 18.0 Å². The Hall–Kier alpha value is -1.73. The fourth-order valence-corrected chi connectivity index (χ4v) is 2.67. The number of nitrogens with zero attached hydrogens (tertiary/aromatic N) is 3. The van der Waals surface area contributed by atoms with Crippen molar-refractivity contribution in [1.29, 1.82) is 0 Å². The average molecular weight is 290 g/mol. The molecule has 5 nitrogen and oxygen atoms in total. The molecule has 1 aromatic heterocycles.